The number of nitrogens with zero attached hydrogens (tertiary/aromatic N) is 1. The van der Waals surface area contributed by atoms with Gasteiger partial charge in [-0.15, -0.1) is 13.2 Å². The van der Waals surface area contributed by atoms with Gasteiger partial charge in [-0.05, 0) is 24.6 Å². The summed E-state index contributed by atoms with van der Waals surface area (Å²) in [5.41, 5.74) is 0.452. The molecule has 0 spiro atoms. The van der Waals surface area contributed by atoms with E-state index in [2.05, 4.69) is 17.9 Å². The van der Waals surface area contributed by atoms with Crippen LogP contribution in [0.5, 0.6) is 0 Å². The number of ketones is 1. The Kier molecular flexibility index (Phi) is 7.60. The van der Waals surface area contributed by atoms with Crippen LogP contribution < -0.4 is 0 Å². The van der Waals surface area contributed by atoms with Crippen LogP contribution in [0.15, 0.2) is 25.3 Å². The molecule has 0 aliphatic rings. The van der Waals surface area contributed by atoms with Crippen molar-refractivity contribution in [1.29, 1.82) is 0 Å². The number of esters is 1. The van der Waals surface area contributed by atoms with Crippen molar-refractivity contribution < 1.29 is 19.2 Å². The van der Waals surface area contributed by atoms with Gasteiger partial charge in [-0.1, -0.05) is 6.92 Å². The van der Waals surface area contributed by atoms with Crippen LogP contribution in [0.25, 0.3) is 0 Å². The largest absolute Gasteiger partial charge is 0.465 e. The van der Waals surface area contributed by atoms with Crippen molar-refractivity contribution in [2.24, 2.45) is 0 Å². The van der Waals surface area contributed by atoms with Gasteiger partial charge in [0.05, 0.1) is 12.0 Å². The van der Waals surface area contributed by atoms with Gasteiger partial charge >= 0.3 is 5.97 Å². The summed E-state index contributed by atoms with van der Waals surface area (Å²) in [6, 6.07) is 2.95. The molecule has 1 rings (SSSR count). The summed E-state index contributed by atoms with van der Waals surface area (Å²) in [4.78, 5) is 33.5. The number of hydrogen-bond donors (Lipinski definition) is 0. The molecule has 0 N–H and O–H groups in total. The molecule has 0 aliphatic carbocycles. The minimum absolute atomic E-state index is 0.0571. The van der Waals surface area contributed by atoms with E-state index in [1.54, 1.807) is 19.9 Å². The third-order valence-electron chi connectivity index (χ3n) is 2.70. The highest BCUT2D eigenvalue weighted by Gasteiger charge is 2.26. The maximum absolute atomic E-state index is 11.6. The summed E-state index contributed by atoms with van der Waals surface area (Å²) < 4.78 is 4.54. The number of Topliss-reactive ketones (excluding diaryl/α,β-unsaturated/α-hetero) is 1. The Morgan fingerprint density at radius 2 is 1.90 bits per heavy atom. The quantitative estimate of drug-likeness (QED) is 0.360. The van der Waals surface area contributed by atoms with Crippen LogP contribution in [0.3, 0.4) is 0 Å². The van der Waals surface area contributed by atoms with Crippen LogP contribution >= 0.6 is 0 Å². The molecule has 0 bridgehead atoms. The van der Waals surface area contributed by atoms with Crippen LogP contribution in [0.1, 0.15) is 34.8 Å². The Labute approximate surface area is 123 Å². The first kappa shape index (κ1) is 18.5. The molecule has 6 nitrogen and oxygen atoms in total. The van der Waals surface area contributed by atoms with Crippen LogP contribution in [0.2, 0.25) is 0 Å². The lowest BCUT2D eigenvalue weighted by Gasteiger charge is -2.08. The predicted octanol–water partition coefficient (Wildman–Crippen LogP) is 3.01. The average molecular weight is 293 g/mol. The van der Waals surface area contributed by atoms with E-state index in [4.69, 9.17) is 0 Å². The van der Waals surface area contributed by atoms with Crippen LogP contribution in [0, 0.1) is 17.0 Å². The van der Waals surface area contributed by atoms with Gasteiger partial charge in [0.15, 0.2) is 0 Å². The van der Waals surface area contributed by atoms with Gasteiger partial charge in [-0.2, -0.15) is 0 Å². The number of nitro groups is 1. The molecule has 0 amide bonds. The first-order valence-corrected chi connectivity index (χ1v) is 6.28. The Bertz CT molecular complexity index is 551. The molecule has 0 aliphatic heterocycles. The number of benzene rings is 1. The van der Waals surface area contributed by atoms with Crippen LogP contribution in [-0.2, 0) is 16.0 Å². The Morgan fingerprint density at radius 3 is 2.33 bits per heavy atom. The molecule has 1 aromatic carbocycles. The first-order valence-electron chi connectivity index (χ1n) is 6.28. The fourth-order valence-electron chi connectivity index (χ4n) is 1.81. The maximum Gasteiger partial charge on any atom is 0.344 e. The predicted molar refractivity (Wildman–Crippen MR) is 79.4 cm³/mol. The smallest absolute Gasteiger partial charge is 0.344 e. The van der Waals surface area contributed by atoms with Gasteiger partial charge in [0.25, 0.3) is 5.69 Å². The van der Waals surface area contributed by atoms with E-state index >= 15 is 0 Å². The zero-order valence-corrected chi connectivity index (χ0v) is 12.5. The van der Waals surface area contributed by atoms with E-state index < -0.39 is 10.9 Å². The Balaban J connectivity index is 0.00000191. The highest BCUT2D eigenvalue weighted by Crippen LogP contribution is 2.27. The summed E-state index contributed by atoms with van der Waals surface area (Å²) in [6.07, 6.45) is 0.233. The summed E-state index contributed by atoms with van der Waals surface area (Å²) in [7, 11) is 1.16. The van der Waals surface area contributed by atoms with E-state index in [1.165, 1.54) is 6.07 Å². The number of aryl methyl sites for hydroxylation is 1. The number of ether oxygens (including phenoxy) is 1. The highest BCUT2D eigenvalue weighted by atomic mass is 16.6. The fraction of sp³-hybridized carbons (Fsp3) is 0.333. The van der Waals surface area contributed by atoms with Gasteiger partial charge in [-0.25, -0.2) is 4.79 Å². The second-order valence-corrected chi connectivity index (χ2v) is 4.14. The van der Waals surface area contributed by atoms with Crippen molar-refractivity contribution in [1.82, 2.24) is 0 Å². The topological polar surface area (TPSA) is 86.5 Å². The first-order chi connectivity index (χ1) is 9.90. The SMILES string of the molecule is C=C.CCC(=O)Cc1cc(C)cc(C(=O)OC)c1[N+](=O)[O-]. The van der Waals surface area contributed by atoms with Crippen molar-refractivity contribution in [3.05, 3.63) is 52.1 Å². The molecule has 0 heterocycles. The van der Waals surface area contributed by atoms with E-state index in [-0.39, 0.29) is 29.0 Å². The lowest BCUT2D eigenvalue weighted by atomic mass is 9.98. The second kappa shape index (κ2) is 8.63. The number of carbonyl (C=O) groups excluding carboxylic acids is 2. The summed E-state index contributed by atoms with van der Waals surface area (Å²) in [5, 5.41) is 11.1. The fourth-order valence-corrected chi connectivity index (χ4v) is 1.81. The molecule has 0 atom stereocenters. The number of rotatable bonds is 5. The van der Waals surface area contributed by atoms with Crippen molar-refractivity contribution in [2.75, 3.05) is 7.11 Å². The number of nitro benzene ring substituents is 1. The van der Waals surface area contributed by atoms with Crippen LogP contribution in [0.4, 0.5) is 5.69 Å². The lowest BCUT2D eigenvalue weighted by molar-refractivity contribution is -0.385. The molecule has 0 unspecified atom stereocenters. The van der Waals surface area contributed by atoms with Gasteiger partial charge in [0.1, 0.15) is 11.3 Å². The normalized spacial score (nSPS) is 9.29. The summed E-state index contributed by atoms with van der Waals surface area (Å²) >= 11 is 0. The van der Waals surface area contributed by atoms with Gasteiger partial charge in [0.2, 0.25) is 0 Å². The van der Waals surface area contributed by atoms with E-state index in [1.807, 2.05) is 0 Å². The van der Waals surface area contributed by atoms with Gasteiger partial charge in [0, 0.05) is 18.4 Å². The lowest BCUT2D eigenvalue weighted by Crippen LogP contribution is -2.11. The molecule has 1 aromatic rings. The second-order valence-electron chi connectivity index (χ2n) is 4.14. The van der Waals surface area contributed by atoms with Gasteiger partial charge in [-0.3, -0.25) is 14.9 Å². The number of carbonyl (C=O) groups is 2. The standard InChI is InChI=1S/C13H15NO5.C2H4/c1-4-10(15)7-9-5-8(2)6-11(13(16)19-3)12(9)14(17)18;1-2/h5-6H,4,7H2,1-3H3;1-2H2. The molecule has 0 fully saturated rings. The maximum atomic E-state index is 11.6. The van der Waals surface area contributed by atoms with E-state index in [0.717, 1.165) is 7.11 Å². The number of hydrogen-bond acceptors (Lipinski definition) is 5. The molecule has 6 heteroatoms. The summed E-state index contributed by atoms with van der Waals surface area (Å²) in [5.74, 6) is -0.898. The van der Waals surface area contributed by atoms with Crippen LogP contribution in [-0.4, -0.2) is 23.8 Å². The minimum atomic E-state index is -0.777. The molecule has 0 saturated carbocycles. The molecule has 21 heavy (non-hydrogen) atoms. The Morgan fingerprint density at radius 1 is 1.33 bits per heavy atom. The van der Waals surface area contributed by atoms with E-state index in [9.17, 15) is 19.7 Å². The van der Waals surface area contributed by atoms with E-state index in [0.29, 0.717) is 12.0 Å². The third-order valence-corrected chi connectivity index (χ3v) is 2.70. The van der Waals surface area contributed by atoms with Gasteiger partial charge < -0.3 is 4.74 Å². The molecule has 0 saturated heterocycles. The zero-order chi connectivity index (χ0) is 16.6. The van der Waals surface area contributed by atoms with Crippen molar-refractivity contribution in [2.45, 2.75) is 26.7 Å². The Hall–Kier alpha value is -2.50. The minimum Gasteiger partial charge on any atom is -0.465 e. The summed E-state index contributed by atoms with van der Waals surface area (Å²) in [6.45, 7) is 9.39. The monoisotopic (exact) mass is 293 g/mol. The molecule has 0 radical (unpaired) electrons. The highest BCUT2D eigenvalue weighted by molar-refractivity contribution is 5.95. The van der Waals surface area contributed by atoms with Crippen molar-refractivity contribution in [3.63, 3.8) is 0 Å². The number of methoxy groups -OCH3 is 1. The van der Waals surface area contributed by atoms with Crippen molar-refractivity contribution in [3.8, 4) is 0 Å². The average Bonchev–Trinajstić information content (AvgIpc) is 2.47. The third kappa shape index (κ3) is 4.83. The zero-order valence-electron chi connectivity index (χ0n) is 12.5. The molecular weight excluding hydrogens is 274 g/mol. The van der Waals surface area contributed by atoms with Crippen molar-refractivity contribution >= 4 is 17.4 Å². The molecule has 0 aromatic heterocycles. The molecule has 114 valence electrons. The molecular formula is C15H19NO5.